The highest BCUT2D eigenvalue weighted by atomic mass is 14.5. The fraction of sp³-hybridized carbons (Fsp3) is 0.481. The van der Waals surface area contributed by atoms with Gasteiger partial charge in [-0.15, -0.1) is 0 Å². The SMILES string of the molecule is CC(C)C(C)C=CC(C)C1CC=C2c3ccc4ccccc4c3CCC21C. The van der Waals surface area contributed by atoms with E-state index in [1.165, 1.54) is 35.6 Å². The minimum absolute atomic E-state index is 0.320. The van der Waals surface area contributed by atoms with Gasteiger partial charge in [0.15, 0.2) is 0 Å². The maximum Gasteiger partial charge on any atom is -0.00325 e. The van der Waals surface area contributed by atoms with E-state index in [1.54, 1.807) is 11.1 Å². The molecule has 4 rings (SSSR count). The van der Waals surface area contributed by atoms with Crippen molar-refractivity contribution in [2.75, 3.05) is 0 Å². The van der Waals surface area contributed by atoms with Gasteiger partial charge >= 0.3 is 0 Å². The second kappa shape index (κ2) is 6.97. The summed E-state index contributed by atoms with van der Waals surface area (Å²) >= 11 is 0. The van der Waals surface area contributed by atoms with Crippen molar-refractivity contribution in [2.24, 2.45) is 29.1 Å². The summed E-state index contributed by atoms with van der Waals surface area (Å²) in [6, 6.07) is 13.6. The Hall–Kier alpha value is -1.82. The van der Waals surface area contributed by atoms with Crippen molar-refractivity contribution in [2.45, 2.75) is 53.9 Å². The maximum absolute atomic E-state index is 2.56. The molecular weight excluding hydrogens is 324 g/mol. The number of aryl methyl sites for hydroxylation is 1. The summed E-state index contributed by atoms with van der Waals surface area (Å²) in [5.74, 6) is 2.73. The molecule has 0 saturated carbocycles. The summed E-state index contributed by atoms with van der Waals surface area (Å²) in [5.41, 5.74) is 5.04. The van der Waals surface area contributed by atoms with Crippen LogP contribution in [0.1, 0.15) is 58.6 Å². The maximum atomic E-state index is 2.56. The lowest BCUT2D eigenvalue weighted by Crippen LogP contribution is -2.32. The molecule has 0 saturated heterocycles. The summed E-state index contributed by atoms with van der Waals surface area (Å²) in [5, 5.41) is 2.84. The predicted octanol–water partition coefficient (Wildman–Crippen LogP) is 7.68. The summed E-state index contributed by atoms with van der Waals surface area (Å²) in [6.07, 6.45) is 11.2. The summed E-state index contributed by atoms with van der Waals surface area (Å²) in [6.45, 7) is 11.9. The molecule has 142 valence electrons. The molecule has 0 aromatic heterocycles. The number of rotatable bonds is 4. The average molecular weight is 359 g/mol. The summed E-state index contributed by atoms with van der Waals surface area (Å²) < 4.78 is 0. The standard InChI is InChI=1S/C27H34/c1-18(2)19(3)10-11-20(4)25-14-15-26-24-13-12-21-8-6-7-9-22(21)23(24)16-17-27(25,26)5/h6-13,15,18-20,25H,14,16-17H2,1-5H3. The van der Waals surface area contributed by atoms with E-state index < -0.39 is 0 Å². The van der Waals surface area contributed by atoms with Crippen molar-refractivity contribution >= 4 is 16.3 Å². The fourth-order valence-corrected chi connectivity index (χ4v) is 5.42. The van der Waals surface area contributed by atoms with Crippen LogP contribution in [0.25, 0.3) is 16.3 Å². The predicted molar refractivity (Wildman–Crippen MR) is 119 cm³/mol. The Morgan fingerprint density at radius 3 is 2.56 bits per heavy atom. The summed E-state index contributed by atoms with van der Waals surface area (Å²) in [4.78, 5) is 0. The highest BCUT2D eigenvalue weighted by molar-refractivity contribution is 5.92. The number of hydrogen-bond acceptors (Lipinski definition) is 0. The van der Waals surface area contributed by atoms with Gasteiger partial charge in [0.1, 0.15) is 0 Å². The average Bonchev–Trinajstić information content (AvgIpc) is 3.02. The molecule has 0 heterocycles. The van der Waals surface area contributed by atoms with E-state index in [2.05, 4.69) is 89.2 Å². The molecular formula is C27H34. The van der Waals surface area contributed by atoms with Crippen LogP contribution in [0, 0.1) is 29.1 Å². The third-order valence-corrected chi connectivity index (χ3v) is 7.64. The second-order valence-electron chi connectivity index (χ2n) is 9.54. The molecule has 0 fully saturated rings. The highest BCUT2D eigenvalue weighted by Crippen LogP contribution is 2.58. The number of fused-ring (bicyclic) bond motifs is 5. The van der Waals surface area contributed by atoms with Crippen LogP contribution >= 0.6 is 0 Å². The number of allylic oxidation sites excluding steroid dienone is 4. The van der Waals surface area contributed by atoms with Crippen LogP contribution in [-0.2, 0) is 6.42 Å². The van der Waals surface area contributed by atoms with E-state index in [1.807, 2.05) is 0 Å². The lowest BCUT2D eigenvalue weighted by molar-refractivity contribution is 0.217. The third-order valence-electron chi connectivity index (χ3n) is 7.64. The van der Waals surface area contributed by atoms with Gasteiger partial charge < -0.3 is 0 Å². The molecule has 27 heavy (non-hydrogen) atoms. The van der Waals surface area contributed by atoms with Gasteiger partial charge in [0.25, 0.3) is 0 Å². The molecule has 0 aliphatic heterocycles. The first-order valence-corrected chi connectivity index (χ1v) is 10.8. The van der Waals surface area contributed by atoms with Crippen molar-refractivity contribution in [1.29, 1.82) is 0 Å². The largest absolute Gasteiger partial charge is 0.0852 e. The Kier molecular flexibility index (Phi) is 4.78. The molecule has 2 aromatic rings. The number of hydrogen-bond donors (Lipinski definition) is 0. The molecule has 4 unspecified atom stereocenters. The van der Waals surface area contributed by atoms with E-state index >= 15 is 0 Å². The quantitative estimate of drug-likeness (QED) is 0.492. The Balaban J connectivity index is 1.65. The first kappa shape index (κ1) is 18.5. The van der Waals surface area contributed by atoms with Crippen molar-refractivity contribution in [3.05, 3.63) is 65.8 Å². The van der Waals surface area contributed by atoms with E-state index in [-0.39, 0.29) is 0 Å². The molecule has 0 heteroatoms. The Morgan fingerprint density at radius 1 is 1.00 bits per heavy atom. The molecule has 2 aliphatic rings. The molecule has 0 nitrogen and oxygen atoms in total. The van der Waals surface area contributed by atoms with Crippen LogP contribution in [0.5, 0.6) is 0 Å². The second-order valence-corrected chi connectivity index (χ2v) is 9.54. The van der Waals surface area contributed by atoms with Crippen LogP contribution < -0.4 is 0 Å². The Bertz CT molecular complexity index is 897. The van der Waals surface area contributed by atoms with E-state index in [4.69, 9.17) is 0 Å². The third kappa shape index (κ3) is 3.08. The molecule has 0 amide bonds. The van der Waals surface area contributed by atoms with Gasteiger partial charge in [-0.1, -0.05) is 89.2 Å². The zero-order valence-corrected chi connectivity index (χ0v) is 17.6. The van der Waals surface area contributed by atoms with Crippen molar-refractivity contribution in [3.8, 4) is 0 Å². The van der Waals surface area contributed by atoms with Crippen molar-refractivity contribution in [1.82, 2.24) is 0 Å². The van der Waals surface area contributed by atoms with Gasteiger partial charge in [-0.3, -0.25) is 0 Å². The van der Waals surface area contributed by atoms with Gasteiger partial charge in [0.05, 0.1) is 0 Å². The topological polar surface area (TPSA) is 0 Å². The molecule has 0 spiro atoms. The molecule has 2 aliphatic carbocycles. The van der Waals surface area contributed by atoms with Crippen molar-refractivity contribution in [3.63, 3.8) is 0 Å². The monoisotopic (exact) mass is 358 g/mol. The molecule has 0 radical (unpaired) electrons. The first-order chi connectivity index (χ1) is 12.9. The van der Waals surface area contributed by atoms with Gasteiger partial charge in [0, 0.05) is 0 Å². The summed E-state index contributed by atoms with van der Waals surface area (Å²) in [7, 11) is 0. The van der Waals surface area contributed by atoms with Crippen LogP contribution in [-0.4, -0.2) is 0 Å². The van der Waals surface area contributed by atoms with E-state index in [0.29, 0.717) is 17.3 Å². The van der Waals surface area contributed by atoms with E-state index in [0.717, 1.165) is 11.8 Å². The molecule has 4 atom stereocenters. The van der Waals surface area contributed by atoms with E-state index in [9.17, 15) is 0 Å². The normalized spacial score (nSPS) is 26.9. The minimum atomic E-state index is 0.320. The Morgan fingerprint density at radius 2 is 1.78 bits per heavy atom. The van der Waals surface area contributed by atoms with Crippen molar-refractivity contribution < 1.29 is 0 Å². The zero-order valence-electron chi connectivity index (χ0n) is 17.6. The molecule has 0 N–H and O–H groups in total. The fourth-order valence-electron chi connectivity index (χ4n) is 5.42. The lowest BCUT2D eigenvalue weighted by atomic mass is 9.62. The van der Waals surface area contributed by atoms with Crippen LogP contribution in [0.15, 0.2) is 54.6 Å². The number of benzene rings is 2. The van der Waals surface area contributed by atoms with Gasteiger partial charge in [-0.05, 0) is 75.8 Å². The van der Waals surface area contributed by atoms with Gasteiger partial charge in [-0.2, -0.15) is 0 Å². The first-order valence-electron chi connectivity index (χ1n) is 10.8. The minimum Gasteiger partial charge on any atom is -0.0852 e. The Labute approximate surface area is 165 Å². The molecule has 0 bridgehead atoms. The lowest BCUT2D eigenvalue weighted by Gasteiger charge is -2.42. The van der Waals surface area contributed by atoms with Gasteiger partial charge in [0.2, 0.25) is 0 Å². The van der Waals surface area contributed by atoms with Gasteiger partial charge in [-0.25, -0.2) is 0 Å². The smallest absolute Gasteiger partial charge is 0.00325 e. The van der Waals surface area contributed by atoms with Crippen LogP contribution in [0.3, 0.4) is 0 Å². The van der Waals surface area contributed by atoms with Crippen LogP contribution in [0.2, 0.25) is 0 Å². The highest BCUT2D eigenvalue weighted by Gasteiger charge is 2.46. The zero-order chi connectivity index (χ0) is 19.2. The van der Waals surface area contributed by atoms with Crippen LogP contribution in [0.4, 0.5) is 0 Å². The molecule has 2 aromatic carbocycles.